The van der Waals surface area contributed by atoms with E-state index in [1.807, 2.05) is 36.1 Å². The maximum atomic E-state index is 13.1. The highest BCUT2D eigenvalue weighted by Gasteiger charge is 2.47. The lowest BCUT2D eigenvalue weighted by atomic mass is 10.0. The van der Waals surface area contributed by atoms with Crippen LogP contribution in [-0.2, 0) is 11.3 Å². The molecule has 2 fully saturated rings. The number of piperidine rings is 1. The second kappa shape index (κ2) is 6.62. The molecule has 0 N–H and O–H groups in total. The molecule has 2 heterocycles. The molecule has 0 spiro atoms. The van der Waals surface area contributed by atoms with Gasteiger partial charge in [0.15, 0.2) is 0 Å². The summed E-state index contributed by atoms with van der Waals surface area (Å²) in [5.41, 5.74) is 2.23. The van der Waals surface area contributed by atoms with Gasteiger partial charge >= 0.3 is 0 Å². The predicted molar refractivity (Wildman–Crippen MR) is 93.6 cm³/mol. The van der Waals surface area contributed by atoms with Crippen molar-refractivity contribution in [3.05, 3.63) is 53.6 Å². The number of amides is 1. The summed E-state index contributed by atoms with van der Waals surface area (Å²) in [6.07, 6.45) is 8.07. The van der Waals surface area contributed by atoms with Crippen LogP contribution in [0, 0.1) is 18.7 Å². The molecule has 1 saturated carbocycles. The van der Waals surface area contributed by atoms with E-state index < -0.39 is 0 Å². The summed E-state index contributed by atoms with van der Waals surface area (Å²) in [5, 5.41) is 4.38. The normalized spacial score (nSPS) is 25.8. The van der Waals surface area contributed by atoms with Crippen molar-refractivity contribution in [2.24, 2.45) is 5.92 Å². The summed E-state index contributed by atoms with van der Waals surface area (Å²) < 4.78 is 15.0. The lowest BCUT2D eigenvalue weighted by Gasteiger charge is -2.36. The third-order valence-corrected chi connectivity index (χ3v) is 5.48. The first kappa shape index (κ1) is 16.3. The molecule has 3 atom stereocenters. The van der Waals surface area contributed by atoms with Gasteiger partial charge in [-0.2, -0.15) is 5.10 Å². The van der Waals surface area contributed by atoms with Crippen molar-refractivity contribution in [1.82, 2.24) is 14.7 Å². The Kier molecular flexibility index (Phi) is 4.32. The zero-order valence-electron chi connectivity index (χ0n) is 14.6. The number of rotatable bonds is 4. The lowest BCUT2D eigenvalue weighted by Crippen LogP contribution is -2.46. The first-order valence-corrected chi connectivity index (χ1v) is 9.17. The predicted octanol–water partition coefficient (Wildman–Crippen LogP) is 3.52. The summed E-state index contributed by atoms with van der Waals surface area (Å²) in [5.74, 6) is 0.355. The highest BCUT2D eigenvalue weighted by atomic mass is 19.1. The van der Waals surface area contributed by atoms with Gasteiger partial charge in [-0.3, -0.25) is 9.48 Å². The number of hydrogen-bond acceptors (Lipinski definition) is 2. The summed E-state index contributed by atoms with van der Waals surface area (Å²) in [6, 6.07) is 6.83. The molecular weight excluding hydrogens is 317 g/mol. The van der Waals surface area contributed by atoms with Crippen molar-refractivity contribution in [1.29, 1.82) is 0 Å². The van der Waals surface area contributed by atoms with Crippen molar-refractivity contribution in [3.8, 4) is 0 Å². The Morgan fingerprint density at radius 1 is 1.28 bits per heavy atom. The van der Waals surface area contributed by atoms with Gasteiger partial charge in [0.05, 0.1) is 18.8 Å². The molecule has 1 aliphatic heterocycles. The molecule has 1 aromatic carbocycles. The van der Waals surface area contributed by atoms with Gasteiger partial charge in [0.25, 0.3) is 0 Å². The Morgan fingerprint density at radius 3 is 2.80 bits per heavy atom. The Morgan fingerprint density at radius 2 is 2.08 bits per heavy atom. The van der Waals surface area contributed by atoms with E-state index in [-0.39, 0.29) is 29.6 Å². The number of carbonyl (C=O) groups is 1. The molecule has 0 radical (unpaired) electrons. The van der Waals surface area contributed by atoms with Crippen LogP contribution in [0.2, 0.25) is 0 Å². The summed E-state index contributed by atoms with van der Waals surface area (Å²) in [7, 11) is 0. The number of carbonyl (C=O) groups excluding carboxylic acids is 1. The standard InChI is InChI=1S/C20H24FN3O/c1-14-11-22-23(12-14)13-17-4-2-3-9-24(17)20(25)19-10-18(19)15-5-7-16(21)8-6-15/h5-8,11-12,17-19H,2-4,9-10,13H2,1H3/t17-,18-,19+/m0/s1. The number of aromatic nitrogens is 2. The minimum Gasteiger partial charge on any atom is -0.338 e. The van der Waals surface area contributed by atoms with Gasteiger partial charge in [0.1, 0.15) is 5.82 Å². The number of hydrogen-bond donors (Lipinski definition) is 0. The van der Waals surface area contributed by atoms with E-state index in [0.29, 0.717) is 0 Å². The minimum absolute atomic E-state index is 0.0606. The summed E-state index contributed by atoms with van der Waals surface area (Å²) >= 11 is 0. The molecule has 5 heteroatoms. The van der Waals surface area contributed by atoms with Crippen LogP contribution >= 0.6 is 0 Å². The maximum Gasteiger partial charge on any atom is 0.226 e. The quantitative estimate of drug-likeness (QED) is 0.853. The molecule has 2 aliphatic rings. The van der Waals surface area contributed by atoms with Crippen molar-refractivity contribution in [2.75, 3.05) is 6.54 Å². The van der Waals surface area contributed by atoms with Gasteiger partial charge in [-0.25, -0.2) is 4.39 Å². The van der Waals surface area contributed by atoms with E-state index >= 15 is 0 Å². The van der Waals surface area contributed by atoms with Crippen molar-refractivity contribution in [2.45, 2.75) is 51.1 Å². The monoisotopic (exact) mass is 341 g/mol. The highest BCUT2D eigenvalue weighted by molar-refractivity contribution is 5.83. The molecule has 4 nitrogen and oxygen atoms in total. The number of likely N-dealkylation sites (tertiary alicyclic amines) is 1. The first-order valence-electron chi connectivity index (χ1n) is 9.17. The Bertz CT molecular complexity index is 755. The highest BCUT2D eigenvalue weighted by Crippen LogP contribution is 2.49. The molecule has 1 aliphatic carbocycles. The molecule has 132 valence electrons. The molecule has 25 heavy (non-hydrogen) atoms. The molecule has 0 bridgehead atoms. The first-order chi connectivity index (χ1) is 12.1. The Balaban J connectivity index is 1.43. The number of nitrogens with zero attached hydrogens (tertiary/aromatic N) is 3. The van der Waals surface area contributed by atoms with Gasteiger partial charge in [-0.15, -0.1) is 0 Å². The van der Waals surface area contributed by atoms with Crippen molar-refractivity contribution < 1.29 is 9.18 Å². The lowest BCUT2D eigenvalue weighted by molar-refractivity contribution is -0.136. The minimum atomic E-state index is -0.224. The van der Waals surface area contributed by atoms with Crippen LogP contribution < -0.4 is 0 Å². The van der Waals surface area contributed by atoms with Crippen molar-refractivity contribution >= 4 is 5.91 Å². The van der Waals surface area contributed by atoms with E-state index in [2.05, 4.69) is 10.00 Å². The SMILES string of the molecule is Cc1cnn(C[C@@H]2CCCCN2C(=O)[C@@H]2C[C@H]2c2ccc(F)cc2)c1. The number of halogens is 1. The molecule has 1 aromatic heterocycles. The van der Waals surface area contributed by atoms with Gasteiger partial charge in [0.2, 0.25) is 5.91 Å². The van der Waals surface area contributed by atoms with Gasteiger partial charge < -0.3 is 4.90 Å². The van der Waals surface area contributed by atoms with Crippen LogP contribution in [0.25, 0.3) is 0 Å². The van der Waals surface area contributed by atoms with Gasteiger partial charge in [-0.1, -0.05) is 12.1 Å². The van der Waals surface area contributed by atoms with E-state index in [9.17, 15) is 9.18 Å². The Hall–Kier alpha value is -2.17. The third kappa shape index (κ3) is 3.46. The average Bonchev–Trinajstić information content (AvgIpc) is 3.31. The number of aryl methyl sites for hydroxylation is 1. The fraction of sp³-hybridized carbons (Fsp3) is 0.500. The maximum absolute atomic E-state index is 13.1. The largest absolute Gasteiger partial charge is 0.338 e. The van der Waals surface area contributed by atoms with E-state index in [0.717, 1.165) is 43.5 Å². The summed E-state index contributed by atoms with van der Waals surface area (Å²) in [6.45, 7) is 3.65. The smallest absolute Gasteiger partial charge is 0.226 e. The molecular formula is C20H24FN3O. The molecule has 1 saturated heterocycles. The molecule has 1 amide bonds. The average molecular weight is 341 g/mol. The zero-order chi connectivity index (χ0) is 17.4. The van der Waals surface area contributed by atoms with Crippen LogP contribution in [0.4, 0.5) is 4.39 Å². The van der Waals surface area contributed by atoms with Crippen molar-refractivity contribution in [3.63, 3.8) is 0 Å². The van der Waals surface area contributed by atoms with E-state index in [1.165, 1.54) is 18.6 Å². The van der Waals surface area contributed by atoms with E-state index in [4.69, 9.17) is 0 Å². The van der Waals surface area contributed by atoms with Crippen LogP contribution in [-0.4, -0.2) is 33.2 Å². The van der Waals surface area contributed by atoms with Gasteiger partial charge in [-0.05, 0) is 61.8 Å². The molecule has 0 unspecified atom stereocenters. The third-order valence-electron chi connectivity index (χ3n) is 5.48. The second-order valence-corrected chi connectivity index (χ2v) is 7.42. The molecule has 2 aromatic rings. The summed E-state index contributed by atoms with van der Waals surface area (Å²) in [4.78, 5) is 15.1. The fourth-order valence-corrected chi connectivity index (χ4v) is 4.02. The fourth-order valence-electron chi connectivity index (χ4n) is 4.02. The second-order valence-electron chi connectivity index (χ2n) is 7.42. The zero-order valence-corrected chi connectivity index (χ0v) is 14.6. The van der Waals surface area contributed by atoms with Crippen LogP contribution in [0.1, 0.15) is 42.7 Å². The van der Waals surface area contributed by atoms with Gasteiger partial charge in [0, 0.05) is 18.7 Å². The number of benzene rings is 1. The van der Waals surface area contributed by atoms with E-state index in [1.54, 1.807) is 0 Å². The van der Waals surface area contributed by atoms with Crippen LogP contribution in [0.5, 0.6) is 0 Å². The topological polar surface area (TPSA) is 38.1 Å². The van der Waals surface area contributed by atoms with Crippen LogP contribution in [0.15, 0.2) is 36.7 Å². The Labute approximate surface area is 147 Å². The molecule has 4 rings (SSSR count). The van der Waals surface area contributed by atoms with Crippen LogP contribution in [0.3, 0.4) is 0 Å².